The van der Waals surface area contributed by atoms with Gasteiger partial charge in [-0.3, -0.25) is 0 Å². The van der Waals surface area contributed by atoms with Gasteiger partial charge in [-0.15, -0.1) is 11.6 Å². The summed E-state index contributed by atoms with van der Waals surface area (Å²) in [6, 6.07) is 11.8. The molecule has 154 valence electrons. The van der Waals surface area contributed by atoms with Crippen molar-refractivity contribution in [3.05, 3.63) is 75.8 Å². The van der Waals surface area contributed by atoms with Gasteiger partial charge in [0.05, 0.1) is 28.7 Å². The summed E-state index contributed by atoms with van der Waals surface area (Å²) in [7, 11) is 0. The highest BCUT2D eigenvalue weighted by Gasteiger charge is 2.25. The smallest absolute Gasteiger partial charge is 0.156 e. The van der Waals surface area contributed by atoms with E-state index in [1.165, 1.54) is 0 Å². The fourth-order valence-electron chi connectivity index (χ4n) is 2.95. The maximum absolute atomic E-state index is 6.45. The fourth-order valence-corrected chi connectivity index (χ4v) is 3.65. The molecule has 0 atom stereocenters. The van der Waals surface area contributed by atoms with E-state index >= 15 is 0 Å². The average Bonchev–Trinajstić information content (AvgIpc) is 3.22. The zero-order chi connectivity index (χ0) is 20.9. The number of halogens is 3. The molecule has 4 nitrogen and oxygen atoms in total. The van der Waals surface area contributed by atoms with E-state index in [2.05, 4.69) is 23.8 Å². The molecule has 7 heteroatoms. The Morgan fingerprint density at radius 2 is 1.69 bits per heavy atom. The monoisotopic (exact) mass is 452 g/mol. The molecular formula is C22H23Cl3N2O2. The Kier molecular flexibility index (Phi) is 7.33. The van der Waals surface area contributed by atoms with Crippen LogP contribution in [0.1, 0.15) is 37.1 Å². The summed E-state index contributed by atoms with van der Waals surface area (Å²) >= 11 is 18.6. The van der Waals surface area contributed by atoms with E-state index < -0.39 is 0 Å². The molecule has 0 fully saturated rings. The minimum absolute atomic E-state index is 0.303. The van der Waals surface area contributed by atoms with Crippen LogP contribution in [-0.2, 0) is 12.0 Å². The number of hydrogen-bond donors (Lipinski definition) is 1. The lowest BCUT2D eigenvalue weighted by Gasteiger charge is -2.27. The van der Waals surface area contributed by atoms with Crippen molar-refractivity contribution in [2.75, 3.05) is 12.5 Å². The van der Waals surface area contributed by atoms with Gasteiger partial charge in [-0.25, -0.2) is 4.98 Å². The predicted molar refractivity (Wildman–Crippen MR) is 119 cm³/mol. The summed E-state index contributed by atoms with van der Waals surface area (Å²) in [5, 5.41) is 0.989. The SMILES string of the molecule is CC(C)(c1ccc(OCc2c[nH]cn2)cc1)c1cc(Cl)c(OCCCCl)c(Cl)c1. The predicted octanol–water partition coefficient (Wildman–Crippen LogP) is 6.63. The molecule has 2 aromatic carbocycles. The van der Waals surface area contributed by atoms with E-state index in [0.717, 1.165) is 29.0 Å². The van der Waals surface area contributed by atoms with Gasteiger partial charge in [-0.2, -0.15) is 0 Å². The van der Waals surface area contributed by atoms with E-state index in [9.17, 15) is 0 Å². The summed E-state index contributed by atoms with van der Waals surface area (Å²) in [6.45, 7) is 5.15. The summed E-state index contributed by atoms with van der Waals surface area (Å²) in [5.41, 5.74) is 2.67. The Hall–Kier alpha value is -1.88. The Labute approximate surface area is 186 Å². The lowest BCUT2D eigenvalue weighted by Crippen LogP contribution is -2.19. The second-order valence-corrected chi connectivity index (χ2v) is 8.35. The van der Waals surface area contributed by atoms with Crippen molar-refractivity contribution >= 4 is 34.8 Å². The molecule has 0 aliphatic heterocycles. The van der Waals surface area contributed by atoms with Gasteiger partial charge in [-0.1, -0.05) is 49.2 Å². The quantitative estimate of drug-likeness (QED) is 0.292. The number of nitrogens with zero attached hydrogens (tertiary/aromatic N) is 1. The van der Waals surface area contributed by atoms with Gasteiger partial charge in [0, 0.05) is 17.5 Å². The van der Waals surface area contributed by atoms with Gasteiger partial charge in [0.2, 0.25) is 0 Å². The maximum atomic E-state index is 6.45. The van der Waals surface area contributed by atoms with Crippen molar-refractivity contribution in [2.24, 2.45) is 0 Å². The van der Waals surface area contributed by atoms with Gasteiger partial charge in [0.15, 0.2) is 5.75 Å². The summed E-state index contributed by atoms with van der Waals surface area (Å²) < 4.78 is 11.5. The van der Waals surface area contributed by atoms with Crippen LogP contribution >= 0.6 is 34.8 Å². The molecule has 0 aliphatic rings. The molecule has 1 aromatic heterocycles. The summed E-state index contributed by atoms with van der Waals surface area (Å²) in [5.74, 6) is 1.81. The molecule has 0 aliphatic carbocycles. The van der Waals surface area contributed by atoms with Crippen molar-refractivity contribution in [3.8, 4) is 11.5 Å². The minimum Gasteiger partial charge on any atom is -0.490 e. The highest BCUT2D eigenvalue weighted by atomic mass is 35.5. The van der Waals surface area contributed by atoms with Gasteiger partial charge >= 0.3 is 0 Å². The maximum Gasteiger partial charge on any atom is 0.156 e. The topological polar surface area (TPSA) is 47.1 Å². The first-order valence-corrected chi connectivity index (χ1v) is 10.6. The zero-order valence-electron chi connectivity index (χ0n) is 16.3. The van der Waals surface area contributed by atoms with E-state index in [-0.39, 0.29) is 5.41 Å². The molecule has 3 aromatic rings. The molecule has 3 rings (SSSR count). The largest absolute Gasteiger partial charge is 0.490 e. The number of benzene rings is 2. The van der Waals surface area contributed by atoms with Crippen LogP contribution in [0.3, 0.4) is 0 Å². The molecule has 0 amide bonds. The Balaban J connectivity index is 1.75. The third kappa shape index (κ3) is 5.39. The zero-order valence-corrected chi connectivity index (χ0v) is 18.6. The van der Waals surface area contributed by atoms with E-state index in [1.807, 2.05) is 42.6 Å². The van der Waals surface area contributed by atoms with Crippen LogP contribution in [0.15, 0.2) is 48.9 Å². The molecule has 0 spiro atoms. The number of H-pyrrole nitrogens is 1. The average molecular weight is 454 g/mol. The van der Waals surface area contributed by atoms with Crippen LogP contribution in [0.2, 0.25) is 10.0 Å². The van der Waals surface area contributed by atoms with E-state index in [1.54, 1.807) is 6.33 Å². The van der Waals surface area contributed by atoms with Crippen molar-refractivity contribution in [3.63, 3.8) is 0 Å². The summed E-state index contributed by atoms with van der Waals surface area (Å²) in [6.07, 6.45) is 4.18. The summed E-state index contributed by atoms with van der Waals surface area (Å²) in [4.78, 5) is 7.07. The van der Waals surface area contributed by atoms with Crippen LogP contribution in [0.4, 0.5) is 0 Å². The highest BCUT2D eigenvalue weighted by Crippen LogP contribution is 2.40. The highest BCUT2D eigenvalue weighted by molar-refractivity contribution is 6.37. The third-order valence-corrected chi connectivity index (χ3v) is 5.59. The van der Waals surface area contributed by atoms with Crippen LogP contribution in [-0.4, -0.2) is 22.5 Å². The second kappa shape index (κ2) is 9.75. The number of ether oxygens (including phenoxy) is 2. The van der Waals surface area contributed by atoms with Crippen LogP contribution < -0.4 is 9.47 Å². The molecule has 0 saturated heterocycles. The number of imidazole rings is 1. The van der Waals surface area contributed by atoms with Gasteiger partial charge < -0.3 is 14.5 Å². The van der Waals surface area contributed by atoms with Gasteiger partial charge in [0.1, 0.15) is 12.4 Å². The standard InChI is InChI=1S/C22H23Cl3N2O2/c1-22(2,16-10-19(24)21(20(25)11-16)28-9-3-8-23)15-4-6-18(7-5-15)29-13-17-12-26-14-27-17/h4-7,10-12,14H,3,8-9,13H2,1-2H3,(H,26,27). The number of alkyl halides is 1. The number of aromatic nitrogens is 2. The first kappa shape index (κ1) is 21.8. The molecular weight excluding hydrogens is 431 g/mol. The molecule has 29 heavy (non-hydrogen) atoms. The molecule has 0 saturated carbocycles. The first-order chi connectivity index (χ1) is 13.9. The van der Waals surface area contributed by atoms with Crippen molar-refractivity contribution in [1.29, 1.82) is 0 Å². The number of hydrogen-bond acceptors (Lipinski definition) is 3. The van der Waals surface area contributed by atoms with Gasteiger partial charge in [0.25, 0.3) is 0 Å². The number of rotatable bonds is 9. The second-order valence-electron chi connectivity index (χ2n) is 7.16. The number of nitrogens with one attached hydrogen (secondary N) is 1. The molecule has 1 heterocycles. The fraction of sp³-hybridized carbons (Fsp3) is 0.318. The molecule has 1 N–H and O–H groups in total. The van der Waals surface area contributed by atoms with Crippen molar-refractivity contribution in [1.82, 2.24) is 9.97 Å². The Morgan fingerprint density at radius 3 is 2.28 bits per heavy atom. The lowest BCUT2D eigenvalue weighted by molar-refractivity contribution is 0.302. The van der Waals surface area contributed by atoms with Crippen molar-refractivity contribution < 1.29 is 9.47 Å². The van der Waals surface area contributed by atoms with Crippen LogP contribution in [0.25, 0.3) is 0 Å². The Morgan fingerprint density at radius 1 is 1.00 bits per heavy atom. The van der Waals surface area contributed by atoms with Crippen LogP contribution in [0, 0.1) is 0 Å². The lowest BCUT2D eigenvalue weighted by atomic mass is 9.78. The van der Waals surface area contributed by atoms with Gasteiger partial charge in [-0.05, 0) is 41.8 Å². The van der Waals surface area contributed by atoms with Crippen LogP contribution in [0.5, 0.6) is 11.5 Å². The number of aromatic amines is 1. The van der Waals surface area contributed by atoms with E-state index in [4.69, 9.17) is 44.3 Å². The van der Waals surface area contributed by atoms with E-state index in [0.29, 0.717) is 34.9 Å². The van der Waals surface area contributed by atoms with Crippen molar-refractivity contribution in [2.45, 2.75) is 32.3 Å². The molecule has 0 bridgehead atoms. The first-order valence-electron chi connectivity index (χ1n) is 9.31. The molecule has 0 unspecified atom stereocenters. The normalized spacial score (nSPS) is 11.5. The third-order valence-electron chi connectivity index (χ3n) is 4.76. The Bertz CT molecular complexity index is 903. The molecule has 0 radical (unpaired) electrons. The minimum atomic E-state index is -0.303.